The second-order valence-electron chi connectivity index (χ2n) is 5.37. The van der Waals surface area contributed by atoms with E-state index in [2.05, 4.69) is 52.5 Å². The summed E-state index contributed by atoms with van der Waals surface area (Å²) in [5, 5.41) is 0. The Morgan fingerprint density at radius 3 is 2.67 bits per heavy atom. The number of halogens is 2. The van der Waals surface area contributed by atoms with Crippen molar-refractivity contribution in [3.05, 3.63) is 69.4 Å². The highest BCUT2D eigenvalue weighted by Crippen LogP contribution is 2.17. The molecule has 4 heteroatoms. The summed E-state index contributed by atoms with van der Waals surface area (Å²) in [4.78, 5) is 0. The molecule has 3 N–H and O–H groups in total. The van der Waals surface area contributed by atoms with E-state index in [1.807, 2.05) is 6.07 Å². The molecule has 2 aromatic carbocycles. The Labute approximate surface area is 133 Å². The minimum atomic E-state index is -0.228. The Hall–Kier alpha value is -1.23. The van der Waals surface area contributed by atoms with E-state index in [0.717, 1.165) is 22.9 Å². The molecule has 0 fully saturated rings. The Morgan fingerprint density at radius 2 is 2.00 bits per heavy atom. The van der Waals surface area contributed by atoms with Crippen LogP contribution < -0.4 is 11.3 Å². The highest BCUT2D eigenvalue weighted by molar-refractivity contribution is 9.10. The van der Waals surface area contributed by atoms with Gasteiger partial charge in [0, 0.05) is 10.5 Å². The maximum absolute atomic E-state index is 13.4. The number of hydrazine groups is 1. The summed E-state index contributed by atoms with van der Waals surface area (Å²) in [5.74, 6) is 5.41. The molecular formula is C17H20BrFN2. The lowest BCUT2D eigenvalue weighted by Gasteiger charge is -2.16. The minimum absolute atomic E-state index is 0.124. The molecule has 2 rings (SSSR count). The first kappa shape index (κ1) is 16.1. The number of nitrogens with one attached hydrogen (secondary N) is 1. The Balaban J connectivity index is 1.96. The molecule has 112 valence electrons. The topological polar surface area (TPSA) is 38.0 Å². The molecule has 21 heavy (non-hydrogen) atoms. The predicted octanol–water partition coefficient (Wildman–Crippen LogP) is 3.90. The summed E-state index contributed by atoms with van der Waals surface area (Å²) < 4.78 is 14.2. The van der Waals surface area contributed by atoms with Crippen LogP contribution in [0.15, 0.2) is 46.9 Å². The van der Waals surface area contributed by atoms with Crippen LogP contribution in [0.3, 0.4) is 0 Å². The van der Waals surface area contributed by atoms with Crippen molar-refractivity contribution in [3.63, 3.8) is 0 Å². The molecule has 0 bridgehead atoms. The van der Waals surface area contributed by atoms with Gasteiger partial charge in [0.25, 0.3) is 0 Å². The van der Waals surface area contributed by atoms with Crippen LogP contribution in [0.4, 0.5) is 4.39 Å². The fourth-order valence-electron chi connectivity index (χ4n) is 2.47. The molecular weight excluding hydrogens is 331 g/mol. The van der Waals surface area contributed by atoms with Crippen LogP contribution in [0.5, 0.6) is 0 Å². The second kappa shape index (κ2) is 7.69. The second-order valence-corrected chi connectivity index (χ2v) is 6.29. The fraction of sp³-hybridized carbons (Fsp3) is 0.294. The first-order chi connectivity index (χ1) is 10.1. The van der Waals surface area contributed by atoms with Crippen molar-refractivity contribution in [2.75, 3.05) is 0 Å². The van der Waals surface area contributed by atoms with Crippen molar-refractivity contribution in [1.29, 1.82) is 0 Å². The third-order valence-electron chi connectivity index (χ3n) is 3.50. The van der Waals surface area contributed by atoms with E-state index in [9.17, 15) is 4.39 Å². The van der Waals surface area contributed by atoms with E-state index >= 15 is 0 Å². The molecule has 0 aliphatic rings. The molecule has 2 nitrogen and oxygen atoms in total. The van der Waals surface area contributed by atoms with Crippen molar-refractivity contribution < 1.29 is 4.39 Å². The van der Waals surface area contributed by atoms with Crippen LogP contribution >= 0.6 is 15.9 Å². The van der Waals surface area contributed by atoms with Crippen LogP contribution in [0.25, 0.3) is 0 Å². The largest absolute Gasteiger partial charge is 0.271 e. The Kier molecular flexibility index (Phi) is 5.91. The number of nitrogens with two attached hydrogens (primary N) is 1. The summed E-state index contributed by atoms with van der Waals surface area (Å²) >= 11 is 3.32. The third kappa shape index (κ3) is 5.23. The fourth-order valence-corrected chi connectivity index (χ4v) is 2.98. The number of aryl methyl sites for hydroxylation is 2. The summed E-state index contributed by atoms with van der Waals surface area (Å²) in [6, 6.07) is 13.5. The lowest BCUT2D eigenvalue weighted by molar-refractivity contribution is 0.490. The number of hydrogen-bond donors (Lipinski definition) is 2. The van der Waals surface area contributed by atoms with Gasteiger partial charge in [-0.15, -0.1) is 0 Å². The smallest absolute Gasteiger partial charge is 0.124 e. The number of benzene rings is 2. The monoisotopic (exact) mass is 350 g/mol. The standard InChI is InChI=1S/C17H20BrFN2/c1-12-3-2-4-13(7-12)5-6-17(21-20)10-14-8-15(18)11-16(19)9-14/h2-4,7-9,11,17,21H,5-6,10,20H2,1H3. The van der Waals surface area contributed by atoms with Crippen molar-refractivity contribution in [2.45, 2.75) is 32.2 Å². The average Bonchev–Trinajstić information content (AvgIpc) is 2.42. The van der Waals surface area contributed by atoms with Gasteiger partial charge in [-0.1, -0.05) is 45.8 Å². The summed E-state index contributed by atoms with van der Waals surface area (Å²) in [5.41, 5.74) is 6.34. The van der Waals surface area contributed by atoms with Crippen LogP contribution in [0.2, 0.25) is 0 Å². The zero-order chi connectivity index (χ0) is 15.2. The van der Waals surface area contributed by atoms with Gasteiger partial charge in [0.15, 0.2) is 0 Å². The average molecular weight is 351 g/mol. The van der Waals surface area contributed by atoms with E-state index in [4.69, 9.17) is 5.84 Å². The third-order valence-corrected chi connectivity index (χ3v) is 3.96. The first-order valence-electron chi connectivity index (χ1n) is 7.03. The van der Waals surface area contributed by atoms with Gasteiger partial charge in [0.05, 0.1) is 0 Å². The molecule has 0 aliphatic carbocycles. The maximum Gasteiger partial charge on any atom is 0.124 e. The summed E-state index contributed by atoms with van der Waals surface area (Å²) in [6.07, 6.45) is 2.57. The van der Waals surface area contributed by atoms with Gasteiger partial charge in [-0.05, 0) is 55.5 Å². The van der Waals surface area contributed by atoms with E-state index in [1.54, 1.807) is 6.07 Å². The normalized spacial score (nSPS) is 12.4. The van der Waals surface area contributed by atoms with Crippen LogP contribution in [0.1, 0.15) is 23.1 Å². The first-order valence-corrected chi connectivity index (χ1v) is 7.83. The Bertz CT molecular complexity index is 581. The predicted molar refractivity (Wildman–Crippen MR) is 88.4 cm³/mol. The quantitative estimate of drug-likeness (QED) is 0.612. The summed E-state index contributed by atoms with van der Waals surface area (Å²) in [6.45, 7) is 2.09. The molecule has 1 unspecified atom stereocenters. The van der Waals surface area contributed by atoms with Gasteiger partial charge in [-0.2, -0.15) is 0 Å². The van der Waals surface area contributed by atoms with Gasteiger partial charge in [-0.3, -0.25) is 11.3 Å². The van der Waals surface area contributed by atoms with Gasteiger partial charge in [0.1, 0.15) is 5.82 Å². The molecule has 0 radical (unpaired) electrons. The molecule has 0 saturated heterocycles. The van der Waals surface area contributed by atoms with E-state index in [-0.39, 0.29) is 11.9 Å². The van der Waals surface area contributed by atoms with Crippen LogP contribution in [-0.2, 0) is 12.8 Å². The number of rotatable bonds is 6. The molecule has 0 spiro atoms. The zero-order valence-electron chi connectivity index (χ0n) is 12.1. The molecule has 0 aliphatic heterocycles. The van der Waals surface area contributed by atoms with Crippen LogP contribution in [-0.4, -0.2) is 6.04 Å². The van der Waals surface area contributed by atoms with E-state index in [1.165, 1.54) is 17.2 Å². The van der Waals surface area contributed by atoms with E-state index < -0.39 is 0 Å². The molecule has 0 aromatic heterocycles. The molecule has 0 heterocycles. The molecule has 1 atom stereocenters. The van der Waals surface area contributed by atoms with Gasteiger partial charge in [-0.25, -0.2) is 4.39 Å². The van der Waals surface area contributed by atoms with Gasteiger partial charge < -0.3 is 0 Å². The van der Waals surface area contributed by atoms with Crippen molar-refractivity contribution in [2.24, 2.45) is 5.84 Å². The van der Waals surface area contributed by atoms with Crippen molar-refractivity contribution >= 4 is 15.9 Å². The lowest BCUT2D eigenvalue weighted by atomic mass is 9.99. The Morgan fingerprint density at radius 1 is 1.19 bits per heavy atom. The SMILES string of the molecule is Cc1cccc(CCC(Cc2cc(F)cc(Br)c2)NN)c1. The minimum Gasteiger partial charge on any atom is -0.271 e. The molecule has 2 aromatic rings. The summed E-state index contributed by atoms with van der Waals surface area (Å²) in [7, 11) is 0. The number of hydrogen-bond acceptors (Lipinski definition) is 2. The maximum atomic E-state index is 13.4. The highest BCUT2D eigenvalue weighted by Gasteiger charge is 2.10. The lowest BCUT2D eigenvalue weighted by Crippen LogP contribution is -2.37. The molecule has 0 saturated carbocycles. The molecule has 0 amide bonds. The zero-order valence-corrected chi connectivity index (χ0v) is 13.7. The van der Waals surface area contributed by atoms with Gasteiger partial charge >= 0.3 is 0 Å². The highest BCUT2D eigenvalue weighted by atomic mass is 79.9. The van der Waals surface area contributed by atoms with Gasteiger partial charge in [0.2, 0.25) is 0 Å². The van der Waals surface area contributed by atoms with Crippen molar-refractivity contribution in [1.82, 2.24) is 5.43 Å². The van der Waals surface area contributed by atoms with Crippen LogP contribution in [0, 0.1) is 12.7 Å². The van der Waals surface area contributed by atoms with Crippen molar-refractivity contribution in [3.8, 4) is 0 Å². The van der Waals surface area contributed by atoms with E-state index in [0.29, 0.717) is 6.42 Å².